The number of benzene rings is 2. The second-order valence-corrected chi connectivity index (χ2v) is 5.88. The highest BCUT2D eigenvalue weighted by Crippen LogP contribution is 2.19. The first-order valence-electron chi connectivity index (χ1n) is 8.84. The highest BCUT2D eigenvalue weighted by atomic mass is 16.5. The fourth-order valence-corrected chi connectivity index (χ4v) is 2.72. The Morgan fingerprint density at radius 3 is 1.60 bits per heavy atom. The monoisotopic (exact) mass is 342 g/mol. The fraction of sp³-hybridized carbons (Fsp3) is 0.400. The summed E-state index contributed by atoms with van der Waals surface area (Å²) in [5.41, 5.74) is 2.29. The maximum absolute atomic E-state index is 5.92. The molecular formula is C20H26N2O3. The minimum Gasteiger partial charge on any atom is -0.490 e. The number of hydrogen-bond acceptors (Lipinski definition) is 5. The van der Waals surface area contributed by atoms with Gasteiger partial charge in [0, 0.05) is 37.3 Å². The van der Waals surface area contributed by atoms with Gasteiger partial charge in [-0.3, -0.25) is 0 Å². The number of para-hydroxylation sites is 2. The van der Waals surface area contributed by atoms with Gasteiger partial charge >= 0.3 is 0 Å². The van der Waals surface area contributed by atoms with Crippen LogP contribution in [0.2, 0.25) is 0 Å². The van der Waals surface area contributed by atoms with E-state index in [2.05, 4.69) is 22.8 Å². The maximum atomic E-state index is 5.92. The van der Waals surface area contributed by atoms with Crippen molar-refractivity contribution < 1.29 is 14.2 Å². The molecule has 5 nitrogen and oxygen atoms in total. The highest BCUT2D eigenvalue weighted by Gasteiger charge is 2.05. The summed E-state index contributed by atoms with van der Waals surface area (Å²) in [6.07, 6.45) is 0. The molecule has 0 saturated heterocycles. The Morgan fingerprint density at radius 2 is 1.08 bits per heavy atom. The molecule has 1 heterocycles. The standard InChI is InChI=1S/C20H26N2O3/c1-3-7-19-17(5-1)15-21-9-11-23-12-10-22-16-18-6-2-4-8-20(18)25-14-13-24-19/h1-8,21-22H,9-16H2. The minimum atomic E-state index is 0.516. The van der Waals surface area contributed by atoms with Crippen molar-refractivity contribution in [1.82, 2.24) is 10.6 Å². The second-order valence-electron chi connectivity index (χ2n) is 5.88. The van der Waals surface area contributed by atoms with Crippen LogP contribution in [0.25, 0.3) is 0 Å². The molecule has 0 saturated carbocycles. The van der Waals surface area contributed by atoms with Crippen molar-refractivity contribution in [1.29, 1.82) is 0 Å². The predicted octanol–water partition coefficient (Wildman–Crippen LogP) is 2.35. The van der Waals surface area contributed by atoms with Crippen molar-refractivity contribution in [3.8, 4) is 11.5 Å². The van der Waals surface area contributed by atoms with Gasteiger partial charge in [0.15, 0.2) is 0 Å². The van der Waals surface area contributed by atoms with Gasteiger partial charge in [-0.1, -0.05) is 36.4 Å². The molecule has 0 amide bonds. The Labute approximate surface area is 149 Å². The van der Waals surface area contributed by atoms with Gasteiger partial charge in [0.2, 0.25) is 0 Å². The van der Waals surface area contributed by atoms with Crippen LogP contribution in [0.3, 0.4) is 0 Å². The minimum absolute atomic E-state index is 0.516. The Bertz CT molecular complexity index is 593. The molecule has 0 radical (unpaired) electrons. The van der Waals surface area contributed by atoms with E-state index in [4.69, 9.17) is 14.2 Å². The zero-order valence-electron chi connectivity index (χ0n) is 14.5. The number of nitrogens with one attached hydrogen (secondary N) is 2. The summed E-state index contributed by atoms with van der Waals surface area (Å²) in [5, 5.41) is 6.79. The zero-order valence-corrected chi connectivity index (χ0v) is 14.5. The molecule has 0 fully saturated rings. The summed E-state index contributed by atoms with van der Waals surface area (Å²) in [7, 11) is 0. The summed E-state index contributed by atoms with van der Waals surface area (Å²) in [6.45, 7) is 5.60. The summed E-state index contributed by atoms with van der Waals surface area (Å²) < 4.78 is 17.5. The van der Waals surface area contributed by atoms with E-state index in [0.29, 0.717) is 26.4 Å². The average Bonchev–Trinajstić information content (AvgIpc) is 2.65. The van der Waals surface area contributed by atoms with Gasteiger partial charge in [0.05, 0.1) is 13.2 Å². The summed E-state index contributed by atoms with van der Waals surface area (Å²) in [5.74, 6) is 1.80. The first-order valence-corrected chi connectivity index (χ1v) is 8.84. The van der Waals surface area contributed by atoms with Crippen molar-refractivity contribution in [2.75, 3.05) is 39.5 Å². The van der Waals surface area contributed by atoms with E-state index in [1.165, 1.54) is 0 Å². The average molecular weight is 342 g/mol. The second kappa shape index (κ2) is 10.0. The lowest BCUT2D eigenvalue weighted by molar-refractivity contribution is 0.137. The zero-order chi connectivity index (χ0) is 17.2. The van der Waals surface area contributed by atoms with Crippen LogP contribution in [0, 0.1) is 0 Å². The highest BCUT2D eigenvalue weighted by molar-refractivity contribution is 5.34. The van der Waals surface area contributed by atoms with Crippen LogP contribution in [0.15, 0.2) is 48.5 Å². The van der Waals surface area contributed by atoms with Crippen LogP contribution in [-0.4, -0.2) is 39.5 Å². The van der Waals surface area contributed by atoms with Gasteiger partial charge in [-0.15, -0.1) is 0 Å². The lowest BCUT2D eigenvalue weighted by Crippen LogP contribution is -2.23. The van der Waals surface area contributed by atoms with Gasteiger partial charge in [0.25, 0.3) is 0 Å². The van der Waals surface area contributed by atoms with Crippen LogP contribution in [0.5, 0.6) is 11.5 Å². The number of hydrogen-bond donors (Lipinski definition) is 2. The molecule has 2 aromatic carbocycles. The van der Waals surface area contributed by atoms with E-state index in [1.807, 2.05) is 36.4 Å². The van der Waals surface area contributed by atoms with E-state index >= 15 is 0 Å². The summed E-state index contributed by atoms with van der Waals surface area (Å²) in [6, 6.07) is 16.2. The predicted molar refractivity (Wildman–Crippen MR) is 98.1 cm³/mol. The molecule has 0 aromatic heterocycles. The molecular weight excluding hydrogens is 316 g/mol. The Morgan fingerprint density at radius 1 is 0.600 bits per heavy atom. The number of ether oxygens (including phenoxy) is 3. The summed E-state index contributed by atoms with van der Waals surface area (Å²) >= 11 is 0. The molecule has 2 N–H and O–H groups in total. The van der Waals surface area contributed by atoms with Crippen LogP contribution in [0.4, 0.5) is 0 Å². The Kier molecular flexibility index (Phi) is 7.12. The van der Waals surface area contributed by atoms with Gasteiger partial charge in [-0.2, -0.15) is 0 Å². The maximum Gasteiger partial charge on any atom is 0.123 e. The number of fused-ring (bicyclic) bond motifs is 2. The van der Waals surface area contributed by atoms with E-state index < -0.39 is 0 Å². The smallest absolute Gasteiger partial charge is 0.123 e. The molecule has 0 bridgehead atoms. The molecule has 0 spiro atoms. The molecule has 134 valence electrons. The van der Waals surface area contributed by atoms with Crippen molar-refractivity contribution in [2.45, 2.75) is 13.1 Å². The first kappa shape index (κ1) is 17.7. The van der Waals surface area contributed by atoms with Gasteiger partial charge in [0.1, 0.15) is 24.7 Å². The van der Waals surface area contributed by atoms with E-state index in [9.17, 15) is 0 Å². The van der Waals surface area contributed by atoms with Crippen molar-refractivity contribution in [3.05, 3.63) is 59.7 Å². The number of rotatable bonds is 0. The van der Waals surface area contributed by atoms with E-state index in [0.717, 1.165) is 48.8 Å². The molecule has 0 atom stereocenters. The lowest BCUT2D eigenvalue weighted by Gasteiger charge is -2.14. The molecule has 2 aromatic rings. The molecule has 1 aliphatic rings. The first-order chi connectivity index (χ1) is 12.4. The summed E-state index contributed by atoms with van der Waals surface area (Å²) in [4.78, 5) is 0. The SMILES string of the molecule is c1ccc2c(c1)CNCCOCCNCc1ccccc1OCCO2. The van der Waals surface area contributed by atoms with Crippen LogP contribution in [-0.2, 0) is 17.8 Å². The fourth-order valence-electron chi connectivity index (χ4n) is 2.72. The van der Waals surface area contributed by atoms with Gasteiger partial charge in [-0.25, -0.2) is 0 Å². The van der Waals surface area contributed by atoms with Crippen molar-refractivity contribution >= 4 is 0 Å². The molecule has 3 rings (SSSR count). The van der Waals surface area contributed by atoms with Gasteiger partial charge in [-0.05, 0) is 12.1 Å². The van der Waals surface area contributed by atoms with E-state index in [1.54, 1.807) is 0 Å². The Balaban J connectivity index is 1.64. The third-order valence-corrected chi connectivity index (χ3v) is 4.02. The molecule has 0 unspecified atom stereocenters. The lowest BCUT2D eigenvalue weighted by atomic mass is 10.2. The molecule has 0 aliphatic carbocycles. The van der Waals surface area contributed by atoms with Crippen molar-refractivity contribution in [2.24, 2.45) is 0 Å². The topological polar surface area (TPSA) is 51.8 Å². The molecule has 1 aliphatic heterocycles. The third-order valence-electron chi connectivity index (χ3n) is 4.02. The molecule has 25 heavy (non-hydrogen) atoms. The van der Waals surface area contributed by atoms with Crippen LogP contribution < -0.4 is 20.1 Å². The van der Waals surface area contributed by atoms with Crippen LogP contribution in [0.1, 0.15) is 11.1 Å². The largest absolute Gasteiger partial charge is 0.490 e. The molecule has 5 heteroatoms. The quantitative estimate of drug-likeness (QED) is 0.770. The Hall–Kier alpha value is -2.08. The van der Waals surface area contributed by atoms with E-state index in [-0.39, 0.29) is 0 Å². The third kappa shape index (κ3) is 5.74. The van der Waals surface area contributed by atoms with Crippen LogP contribution >= 0.6 is 0 Å². The normalized spacial score (nSPS) is 17.3. The van der Waals surface area contributed by atoms with Gasteiger partial charge < -0.3 is 24.8 Å². The van der Waals surface area contributed by atoms with Crippen molar-refractivity contribution in [3.63, 3.8) is 0 Å².